The smallest absolute Gasteiger partial charge is 0.0450 e. The van der Waals surface area contributed by atoms with Crippen LogP contribution in [0.1, 0.15) is 22.5 Å². The van der Waals surface area contributed by atoms with Crippen LogP contribution in [0.2, 0.25) is 0 Å². The molecule has 0 atom stereocenters. The minimum Gasteiger partial charge on any atom is -0.258 e. The van der Waals surface area contributed by atoms with Crippen LogP contribution in [0.15, 0.2) is 42.5 Å². The fraction of sp³-hybridized carbons (Fsp3) is 0.214. The van der Waals surface area contributed by atoms with E-state index in [0.29, 0.717) is 0 Å². The number of pyridine rings is 1. The van der Waals surface area contributed by atoms with Gasteiger partial charge in [0.1, 0.15) is 0 Å². The zero-order valence-electron chi connectivity index (χ0n) is 9.20. The average Bonchev–Trinajstić information content (AvgIpc) is 2.22. The molecule has 2 rings (SSSR count). The number of nitrogens with zero attached hydrogens (tertiary/aromatic N) is 1. The van der Waals surface area contributed by atoms with Crippen LogP contribution in [0.5, 0.6) is 0 Å². The molecule has 0 unspecified atom stereocenters. The van der Waals surface area contributed by atoms with E-state index in [1.165, 1.54) is 11.1 Å². The summed E-state index contributed by atoms with van der Waals surface area (Å²) in [6.45, 7) is 4.13. The maximum absolute atomic E-state index is 4.49. The summed E-state index contributed by atoms with van der Waals surface area (Å²) in [5.41, 5.74) is 4.84. The van der Waals surface area contributed by atoms with Gasteiger partial charge in [0.15, 0.2) is 0 Å². The number of aryl methyl sites for hydroxylation is 2. The fourth-order valence-electron chi connectivity index (χ4n) is 1.61. The highest BCUT2D eigenvalue weighted by molar-refractivity contribution is 5.25. The highest BCUT2D eigenvalue weighted by atomic mass is 14.7. The summed E-state index contributed by atoms with van der Waals surface area (Å²) in [6, 6.07) is 14.8. The van der Waals surface area contributed by atoms with Crippen LogP contribution >= 0.6 is 0 Å². The number of aromatic nitrogens is 1. The van der Waals surface area contributed by atoms with Crippen LogP contribution in [0.4, 0.5) is 0 Å². The first-order valence-corrected chi connectivity index (χ1v) is 5.22. The van der Waals surface area contributed by atoms with Gasteiger partial charge in [-0.05, 0) is 31.5 Å². The Bertz CT molecular complexity index is 443. The standard InChI is InChI=1S/C14H15N/c1-11-6-8-13(9-7-11)10-14-5-3-4-12(2)15-14/h3-9H,10H2,1-2H3. The molecule has 1 nitrogen and oxygen atoms in total. The SMILES string of the molecule is Cc1ccc(Cc2cccc(C)n2)cc1. The van der Waals surface area contributed by atoms with Crippen molar-refractivity contribution in [3.05, 3.63) is 65.0 Å². The lowest BCUT2D eigenvalue weighted by Gasteiger charge is -2.02. The lowest BCUT2D eigenvalue weighted by atomic mass is 10.1. The maximum Gasteiger partial charge on any atom is 0.0450 e. The fourth-order valence-corrected chi connectivity index (χ4v) is 1.61. The third kappa shape index (κ3) is 2.66. The second-order valence-corrected chi connectivity index (χ2v) is 3.93. The van der Waals surface area contributed by atoms with E-state index in [0.717, 1.165) is 17.8 Å². The van der Waals surface area contributed by atoms with Gasteiger partial charge in [-0.25, -0.2) is 0 Å². The van der Waals surface area contributed by atoms with Gasteiger partial charge in [0.05, 0.1) is 0 Å². The van der Waals surface area contributed by atoms with E-state index in [4.69, 9.17) is 0 Å². The first-order valence-electron chi connectivity index (χ1n) is 5.22. The highest BCUT2D eigenvalue weighted by Crippen LogP contribution is 2.09. The molecule has 1 heteroatoms. The third-order valence-corrected chi connectivity index (χ3v) is 2.45. The van der Waals surface area contributed by atoms with E-state index >= 15 is 0 Å². The number of benzene rings is 1. The molecule has 15 heavy (non-hydrogen) atoms. The van der Waals surface area contributed by atoms with Gasteiger partial charge in [-0.3, -0.25) is 4.98 Å². The zero-order valence-corrected chi connectivity index (χ0v) is 9.20. The van der Waals surface area contributed by atoms with Crippen molar-refractivity contribution in [1.82, 2.24) is 4.98 Å². The Morgan fingerprint density at radius 1 is 0.933 bits per heavy atom. The van der Waals surface area contributed by atoms with Crippen molar-refractivity contribution in [2.24, 2.45) is 0 Å². The molecule has 0 aliphatic rings. The molecule has 0 saturated carbocycles. The molecule has 0 aliphatic heterocycles. The van der Waals surface area contributed by atoms with E-state index in [2.05, 4.69) is 48.3 Å². The summed E-state index contributed by atoms with van der Waals surface area (Å²) < 4.78 is 0. The van der Waals surface area contributed by atoms with E-state index in [9.17, 15) is 0 Å². The molecule has 0 aliphatic carbocycles. The van der Waals surface area contributed by atoms with Crippen LogP contribution in [-0.2, 0) is 6.42 Å². The van der Waals surface area contributed by atoms with Gasteiger partial charge in [-0.15, -0.1) is 0 Å². The van der Waals surface area contributed by atoms with Crippen molar-refractivity contribution in [3.63, 3.8) is 0 Å². The lowest BCUT2D eigenvalue weighted by molar-refractivity contribution is 1.04. The van der Waals surface area contributed by atoms with Gasteiger partial charge in [-0.2, -0.15) is 0 Å². The Morgan fingerprint density at radius 3 is 2.33 bits per heavy atom. The van der Waals surface area contributed by atoms with E-state index < -0.39 is 0 Å². The Morgan fingerprint density at radius 2 is 1.67 bits per heavy atom. The summed E-state index contributed by atoms with van der Waals surface area (Å²) in [5.74, 6) is 0. The van der Waals surface area contributed by atoms with Crippen molar-refractivity contribution in [2.75, 3.05) is 0 Å². The predicted octanol–water partition coefficient (Wildman–Crippen LogP) is 3.29. The Hall–Kier alpha value is -1.63. The molecule has 1 aromatic heterocycles. The summed E-state index contributed by atoms with van der Waals surface area (Å²) in [7, 11) is 0. The molecule has 0 bridgehead atoms. The predicted molar refractivity (Wildman–Crippen MR) is 63.0 cm³/mol. The van der Waals surface area contributed by atoms with Crippen molar-refractivity contribution in [3.8, 4) is 0 Å². The normalized spacial score (nSPS) is 10.3. The minimum atomic E-state index is 0.919. The molecule has 0 amide bonds. The molecule has 0 radical (unpaired) electrons. The number of hydrogen-bond acceptors (Lipinski definition) is 1. The minimum absolute atomic E-state index is 0.919. The summed E-state index contributed by atoms with van der Waals surface area (Å²) in [5, 5.41) is 0. The first kappa shape index (κ1) is 9.91. The maximum atomic E-state index is 4.49. The van der Waals surface area contributed by atoms with Crippen molar-refractivity contribution in [1.29, 1.82) is 0 Å². The number of hydrogen-bond donors (Lipinski definition) is 0. The molecular formula is C14H15N. The van der Waals surface area contributed by atoms with Crippen LogP contribution < -0.4 is 0 Å². The largest absolute Gasteiger partial charge is 0.258 e. The highest BCUT2D eigenvalue weighted by Gasteiger charge is 1.97. The second-order valence-electron chi connectivity index (χ2n) is 3.93. The summed E-state index contributed by atoms with van der Waals surface area (Å²) in [6.07, 6.45) is 0.919. The number of rotatable bonds is 2. The van der Waals surface area contributed by atoms with Crippen molar-refractivity contribution >= 4 is 0 Å². The summed E-state index contributed by atoms with van der Waals surface area (Å²) >= 11 is 0. The Labute approximate surface area is 90.8 Å². The quantitative estimate of drug-likeness (QED) is 0.720. The molecular weight excluding hydrogens is 182 g/mol. The Kier molecular flexibility index (Phi) is 2.82. The van der Waals surface area contributed by atoms with E-state index in [1.807, 2.05) is 13.0 Å². The van der Waals surface area contributed by atoms with Gasteiger partial charge >= 0.3 is 0 Å². The summed E-state index contributed by atoms with van der Waals surface area (Å²) in [4.78, 5) is 4.49. The van der Waals surface area contributed by atoms with Gasteiger partial charge in [0.25, 0.3) is 0 Å². The molecule has 0 N–H and O–H groups in total. The first-order chi connectivity index (χ1) is 7.24. The molecule has 1 heterocycles. The van der Waals surface area contributed by atoms with Gasteiger partial charge in [-0.1, -0.05) is 35.9 Å². The zero-order chi connectivity index (χ0) is 10.7. The molecule has 2 aromatic rings. The van der Waals surface area contributed by atoms with Crippen LogP contribution in [0.3, 0.4) is 0 Å². The monoisotopic (exact) mass is 197 g/mol. The van der Waals surface area contributed by atoms with Crippen molar-refractivity contribution < 1.29 is 0 Å². The van der Waals surface area contributed by atoms with Crippen LogP contribution in [0, 0.1) is 13.8 Å². The molecule has 0 fully saturated rings. The van der Waals surface area contributed by atoms with E-state index in [-0.39, 0.29) is 0 Å². The van der Waals surface area contributed by atoms with Crippen LogP contribution in [0.25, 0.3) is 0 Å². The van der Waals surface area contributed by atoms with Gasteiger partial charge in [0.2, 0.25) is 0 Å². The second kappa shape index (κ2) is 4.26. The van der Waals surface area contributed by atoms with Crippen LogP contribution in [-0.4, -0.2) is 4.98 Å². The lowest BCUT2D eigenvalue weighted by Crippen LogP contribution is -1.93. The van der Waals surface area contributed by atoms with Gasteiger partial charge in [0, 0.05) is 17.8 Å². The van der Waals surface area contributed by atoms with Crippen molar-refractivity contribution in [2.45, 2.75) is 20.3 Å². The average molecular weight is 197 g/mol. The Balaban J connectivity index is 2.18. The molecule has 76 valence electrons. The van der Waals surface area contributed by atoms with Gasteiger partial charge < -0.3 is 0 Å². The van der Waals surface area contributed by atoms with E-state index in [1.54, 1.807) is 0 Å². The third-order valence-electron chi connectivity index (χ3n) is 2.45. The molecule has 0 saturated heterocycles. The molecule has 1 aromatic carbocycles. The topological polar surface area (TPSA) is 12.9 Å². The molecule has 0 spiro atoms.